The lowest BCUT2D eigenvalue weighted by Crippen LogP contribution is -2.13. The summed E-state index contributed by atoms with van der Waals surface area (Å²) in [5, 5.41) is 31.4. The molecular weight excluding hydrogens is 398 g/mol. The average Bonchev–Trinajstić information content (AvgIpc) is 3.37. The molecule has 0 fully saturated rings. The highest BCUT2D eigenvalue weighted by atomic mass is 16.7. The molecule has 3 aromatic rings. The molecule has 2 aromatic carbocycles. The number of aromatic amines is 1. The number of nitrogens with zero attached hydrogens (tertiary/aromatic N) is 3. The summed E-state index contributed by atoms with van der Waals surface area (Å²) in [6.07, 6.45) is 0. The van der Waals surface area contributed by atoms with Crippen LogP contribution in [0.2, 0.25) is 0 Å². The predicted octanol–water partition coefficient (Wildman–Crippen LogP) is 3.18. The summed E-state index contributed by atoms with van der Waals surface area (Å²) < 4.78 is 10.6. The van der Waals surface area contributed by atoms with Crippen LogP contribution in [0.4, 0.5) is 17.1 Å². The second-order valence-corrected chi connectivity index (χ2v) is 6.34. The fourth-order valence-corrected chi connectivity index (χ4v) is 2.98. The number of hydrogen-bond acceptors (Lipinski definition) is 8. The molecule has 0 spiro atoms. The third kappa shape index (κ3) is 3.37. The maximum atomic E-state index is 12.5. The first-order valence-electron chi connectivity index (χ1n) is 8.53. The van der Waals surface area contributed by atoms with E-state index in [1.807, 2.05) is 0 Å². The molecule has 2 N–H and O–H groups in total. The molecule has 0 radical (unpaired) electrons. The fraction of sp³-hybridized carbons (Fsp3) is 0.111. The molecule has 30 heavy (non-hydrogen) atoms. The number of amides is 1. The Morgan fingerprint density at radius 2 is 1.73 bits per heavy atom. The lowest BCUT2D eigenvalue weighted by molar-refractivity contribution is -0.395. The van der Waals surface area contributed by atoms with Crippen molar-refractivity contribution in [1.82, 2.24) is 10.2 Å². The standard InChI is InChI=1S/C18H13N5O7/c1-9-14(22(25)26)5-11(6-15(9)23(27)28)19-18(24)13-7-12(20-21-13)10-2-3-16-17(4-10)30-8-29-16/h2-7H,8H2,1H3,(H,19,24)(H,20,21). The van der Waals surface area contributed by atoms with Crippen molar-refractivity contribution < 1.29 is 24.1 Å². The van der Waals surface area contributed by atoms with E-state index < -0.39 is 27.1 Å². The summed E-state index contributed by atoms with van der Waals surface area (Å²) >= 11 is 0. The summed E-state index contributed by atoms with van der Waals surface area (Å²) in [5.74, 6) is 0.498. The Morgan fingerprint density at radius 3 is 2.40 bits per heavy atom. The Bertz CT molecular complexity index is 1170. The van der Waals surface area contributed by atoms with Crippen LogP contribution in [-0.2, 0) is 0 Å². The smallest absolute Gasteiger partial charge is 0.281 e. The molecule has 4 rings (SSSR count). The van der Waals surface area contributed by atoms with Crippen molar-refractivity contribution in [3.63, 3.8) is 0 Å². The van der Waals surface area contributed by atoms with Crippen molar-refractivity contribution >= 4 is 23.0 Å². The van der Waals surface area contributed by atoms with Crippen LogP contribution >= 0.6 is 0 Å². The largest absolute Gasteiger partial charge is 0.454 e. The maximum Gasteiger partial charge on any atom is 0.281 e. The number of nitro benzene ring substituents is 2. The number of carbonyl (C=O) groups excluding carboxylic acids is 1. The lowest BCUT2D eigenvalue weighted by Gasteiger charge is -2.06. The first-order chi connectivity index (χ1) is 14.3. The van der Waals surface area contributed by atoms with Gasteiger partial charge in [-0.2, -0.15) is 5.10 Å². The molecule has 0 saturated heterocycles. The van der Waals surface area contributed by atoms with E-state index in [-0.39, 0.29) is 23.7 Å². The van der Waals surface area contributed by atoms with Crippen molar-refractivity contribution in [1.29, 1.82) is 0 Å². The Labute approximate surface area is 167 Å². The average molecular weight is 411 g/mol. The zero-order valence-corrected chi connectivity index (χ0v) is 15.4. The number of aromatic nitrogens is 2. The number of benzene rings is 2. The van der Waals surface area contributed by atoms with Gasteiger partial charge < -0.3 is 14.8 Å². The molecule has 2 heterocycles. The minimum Gasteiger partial charge on any atom is -0.454 e. The number of anilines is 1. The highest BCUT2D eigenvalue weighted by molar-refractivity contribution is 6.03. The van der Waals surface area contributed by atoms with Crippen LogP contribution in [0.15, 0.2) is 36.4 Å². The van der Waals surface area contributed by atoms with Gasteiger partial charge in [-0.1, -0.05) is 0 Å². The van der Waals surface area contributed by atoms with Crippen molar-refractivity contribution in [3.05, 3.63) is 67.9 Å². The lowest BCUT2D eigenvalue weighted by atomic mass is 10.1. The van der Waals surface area contributed by atoms with Crippen molar-refractivity contribution in [2.75, 3.05) is 12.1 Å². The number of carbonyl (C=O) groups is 1. The Balaban J connectivity index is 1.59. The zero-order valence-electron chi connectivity index (χ0n) is 15.4. The molecule has 1 amide bonds. The number of fused-ring (bicyclic) bond motifs is 1. The third-order valence-electron chi connectivity index (χ3n) is 4.49. The van der Waals surface area contributed by atoms with Crippen LogP contribution in [0.5, 0.6) is 11.5 Å². The summed E-state index contributed by atoms with van der Waals surface area (Å²) in [7, 11) is 0. The van der Waals surface area contributed by atoms with Gasteiger partial charge in [0.15, 0.2) is 11.5 Å². The minimum absolute atomic E-state index is 0.0635. The van der Waals surface area contributed by atoms with Gasteiger partial charge in [0.2, 0.25) is 6.79 Å². The number of hydrogen-bond donors (Lipinski definition) is 2. The van der Waals surface area contributed by atoms with E-state index in [1.54, 1.807) is 18.2 Å². The van der Waals surface area contributed by atoms with Crippen LogP contribution in [0.3, 0.4) is 0 Å². The fourth-order valence-electron chi connectivity index (χ4n) is 2.98. The number of nitro groups is 2. The molecule has 0 saturated carbocycles. The molecule has 0 aliphatic carbocycles. The van der Waals surface area contributed by atoms with Crippen molar-refractivity contribution in [2.24, 2.45) is 0 Å². The van der Waals surface area contributed by atoms with Crippen molar-refractivity contribution in [3.8, 4) is 22.8 Å². The van der Waals surface area contributed by atoms with Gasteiger partial charge in [0.05, 0.1) is 21.2 Å². The van der Waals surface area contributed by atoms with Gasteiger partial charge in [-0.15, -0.1) is 0 Å². The predicted molar refractivity (Wildman–Crippen MR) is 103 cm³/mol. The van der Waals surface area contributed by atoms with Crippen LogP contribution in [0, 0.1) is 27.2 Å². The highest BCUT2D eigenvalue weighted by Gasteiger charge is 2.24. The quantitative estimate of drug-likeness (QED) is 0.477. The summed E-state index contributed by atoms with van der Waals surface area (Å²) in [4.78, 5) is 33.4. The minimum atomic E-state index is -0.744. The zero-order chi connectivity index (χ0) is 21.4. The number of H-pyrrole nitrogens is 1. The summed E-state index contributed by atoms with van der Waals surface area (Å²) in [6, 6.07) is 8.79. The molecule has 0 atom stereocenters. The van der Waals surface area contributed by atoms with Gasteiger partial charge in [0.1, 0.15) is 11.3 Å². The van der Waals surface area contributed by atoms with E-state index >= 15 is 0 Å². The molecule has 0 bridgehead atoms. The second kappa shape index (κ2) is 7.16. The molecule has 1 aromatic heterocycles. The highest BCUT2D eigenvalue weighted by Crippen LogP contribution is 2.36. The van der Waals surface area contributed by atoms with Crippen LogP contribution in [0.1, 0.15) is 16.1 Å². The van der Waals surface area contributed by atoms with Gasteiger partial charge in [-0.3, -0.25) is 30.1 Å². The van der Waals surface area contributed by atoms with E-state index in [0.717, 1.165) is 12.1 Å². The molecule has 152 valence electrons. The number of ether oxygens (including phenoxy) is 2. The molecule has 0 unspecified atom stereocenters. The SMILES string of the molecule is Cc1c([N+](=O)[O-])cc(NC(=O)c2cc(-c3ccc4c(c3)OCO4)n[nH]2)cc1[N+](=O)[O-]. The Morgan fingerprint density at radius 1 is 1.07 bits per heavy atom. The normalized spacial score (nSPS) is 11.9. The van der Waals surface area contributed by atoms with Crippen LogP contribution < -0.4 is 14.8 Å². The van der Waals surface area contributed by atoms with E-state index in [0.29, 0.717) is 22.8 Å². The van der Waals surface area contributed by atoms with E-state index in [2.05, 4.69) is 15.5 Å². The van der Waals surface area contributed by atoms with Crippen LogP contribution in [0.25, 0.3) is 11.3 Å². The van der Waals surface area contributed by atoms with Gasteiger partial charge in [0.25, 0.3) is 17.3 Å². The number of nitrogens with one attached hydrogen (secondary N) is 2. The van der Waals surface area contributed by atoms with Gasteiger partial charge in [-0.05, 0) is 31.2 Å². The van der Waals surface area contributed by atoms with Gasteiger partial charge in [-0.25, -0.2) is 0 Å². The summed E-state index contributed by atoms with van der Waals surface area (Å²) in [5.41, 5.74) is 0.0807. The molecule has 12 nitrogen and oxygen atoms in total. The molecule has 1 aliphatic rings. The monoisotopic (exact) mass is 411 g/mol. The van der Waals surface area contributed by atoms with E-state index in [1.165, 1.54) is 13.0 Å². The first-order valence-corrected chi connectivity index (χ1v) is 8.53. The Kier molecular flexibility index (Phi) is 4.50. The third-order valence-corrected chi connectivity index (χ3v) is 4.49. The topological polar surface area (TPSA) is 163 Å². The maximum absolute atomic E-state index is 12.5. The van der Waals surface area contributed by atoms with Gasteiger partial charge >= 0.3 is 0 Å². The second-order valence-electron chi connectivity index (χ2n) is 6.34. The summed E-state index contributed by atoms with van der Waals surface area (Å²) in [6.45, 7) is 1.40. The number of rotatable bonds is 5. The molecular formula is C18H13N5O7. The molecule has 1 aliphatic heterocycles. The van der Waals surface area contributed by atoms with Crippen LogP contribution in [-0.4, -0.2) is 32.7 Å². The van der Waals surface area contributed by atoms with Gasteiger partial charge in [0, 0.05) is 17.7 Å². The van der Waals surface area contributed by atoms with E-state index in [9.17, 15) is 25.0 Å². The van der Waals surface area contributed by atoms with Crippen molar-refractivity contribution in [2.45, 2.75) is 6.92 Å². The molecule has 12 heteroatoms. The first kappa shape index (κ1) is 18.9. The van der Waals surface area contributed by atoms with E-state index in [4.69, 9.17) is 9.47 Å². The Hall–Kier alpha value is -4.48.